The summed E-state index contributed by atoms with van der Waals surface area (Å²) in [6.45, 7) is 0.312. The number of rotatable bonds is 6. The predicted molar refractivity (Wildman–Crippen MR) is 102 cm³/mol. The summed E-state index contributed by atoms with van der Waals surface area (Å²) in [5, 5.41) is 10.5. The van der Waals surface area contributed by atoms with Gasteiger partial charge in [-0.1, -0.05) is 23.4 Å². The normalized spacial score (nSPS) is 10.2. The highest BCUT2D eigenvalue weighted by Crippen LogP contribution is 2.21. The minimum absolute atomic E-state index is 0.312. The van der Waals surface area contributed by atoms with Crippen LogP contribution in [0.1, 0.15) is 5.89 Å². The van der Waals surface area contributed by atoms with E-state index in [0.717, 1.165) is 22.7 Å². The molecule has 0 atom stereocenters. The molecule has 0 radical (unpaired) electrons. The van der Waals surface area contributed by atoms with E-state index in [1.807, 2.05) is 48.5 Å². The van der Waals surface area contributed by atoms with E-state index in [1.54, 1.807) is 14.2 Å². The maximum atomic E-state index is 5.28. The number of hydrogen-bond acceptors (Lipinski definition) is 6. The second kappa shape index (κ2) is 8.30. The Labute approximate surface area is 156 Å². The van der Waals surface area contributed by atoms with Crippen molar-refractivity contribution >= 4 is 23.0 Å². The fourth-order valence-electron chi connectivity index (χ4n) is 2.24. The zero-order valence-electron chi connectivity index (χ0n) is 14.4. The predicted octanol–water partition coefficient (Wildman–Crippen LogP) is 3.24. The number of benzene rings is 2. The van der Waals surface area contributed by atoms with Crippen LogP contribution in [0, 0.1) is 0 Å². The largest absolute Gasteiger partial charge is 0.497 e. The molecule has 0 aliphatic heterocycles. The molecule has 0 spiro atoms. The molecule has 8 heteroatoms. The molecule has 3 rings (SSSR count). The number of nitrogens with zero attached hydrogens (tertiary/aromatic N) is 2. The lowest BCUT2D eigenvalue weighted by atomic mass is 10.2. The fourth-order valence-corrected chi connectivity index (χ4v) is 2.43. The zero-order valence-corrected chi connectivity index (χ0v) is 15.2. The molecule has 0 fully saturated rings. The molecule has 3 aromatic rings. The first-order valence-electron chi connectivity index (χ1n) is 7.84. The van der Waals surface area contributed by atoms with Gasteiger partial charge in [0.1, 0.15) is 11.5 Å². The van der Waals surface area contributed by atoms with E-state index in [-0.39, 0.29) is 0 Å². The molecule has 0 saturated heterocycles. The molecule has 0 aliphatic rings. The number of hydrogen-bond donors (Lipinski definition) is 2. The fraction of sp³-hybridized carbons (Fsp3) is 0.167. The highest BCUT2D eigenvalue weighted by atomic mass is 32.1. The molecule has 2 aromatic carbocycles. The number of ether oxygens (including phenoxy) is 2. The number of thiocarbonyl (C=S) groups is 1. The molecule has 0 bridgehead atoms. The molecule has 0 amide bonds. The van der Waals surface area contributed by atoms with E-state index >= 15 is 0 Å². The van der Waals surface area contributed by atoms with Crippen LogP contribution in [-0.2, 0) is 6.54 Å². The van der Waals surface area contributed by atoms with Gasteiger partial charge in [0.25, 0.3) is 0 Å². The Morgan fingerprint density at radius 3 is 2.58 bits per heavy atom. The Morgan fingerprint density at radius 2 is 1.81 bits per heavy atom. The van der Waals surface area contributed by atoms with E-state index in [1.165, 1.54) is 0 Å². The third-order valence-electron chi connectivity index (χ3n) is 3.52. The van der Waals surface area contributed by atoms with Crippen LogP contribution in [0.2, 0.25) is 0 Å². The van der Waals surface area contributed by atoms with E-state index < -0.39 is 0 Å². The molecular weight excluding hydrogens is 352 g/mol. The van der Waals surface area contributed by atoms with Gasteiger partial charge in [0.2, 0.25) is 11.7 Å². The van der Waals surface area contributed by atoms with Crippen molar-refractivity contribution < 1.29 is 14.0 Å². The summed E-state index contributed by atoms with van der Waals surface area (Å²) >= 11 is 5.28. The van der Waals surface area contributed by atoms with E-state index in [0.29, 0.717) is 23.4 Å². The highest BCUT2D eigenvalue weighted by molar-refractivity contribution is 7.80. The van der Waals surface area contributed by atoms with Gasteiger partial charge in [-0.25, -0.2) is 0 Å². The summed E-state index contributed by atoms with van der Waals surface area (Å²) in [5.74, 6) is 2.40. The molecule has 0 saturated carbocycles. The zero-order chi connectivity index (χ0) is 18.4. The van der Waals surface area contributed by atoms with Crippen LogP contribution >= 0.6 is 12.2 Å². The maximum Gasteiger partial charge on any atom is 0.246 e. The molecule has 0 aliphatic carbocycles. The second-order valence-electron chi connectivity index (χ2n) is 5.28. The van der Waals surface area contributed by atoms with Crippen LogP contribution in [0.3, 0.4) is 0 Å². The van der Waals surface area contributed by atoms with Crippen molar-refractivity contribution in [3.8, 4) is 22.9 Å². The Balaban J connectivity index is 1.58. The van der Waals surface area contributed by atoms with Gasteiger partial charge in [0, 0.05) is 17.3 Å². The third kappa shape index (κ3) is 4.48. The summed E-state index contributed by atoms with van der Waals surface area (Å²) in [4.78, 5) is 4.36. The summed E-state index contributed by atoms with van der Waals surface area (Å²) < 4.78 is 15.6. The second-order valence-corrected chi connectivity index (χ2v) is 5.69. The van der Waals surface area contributed by atoms with Crippen molar-refractivity contribution in [3.05, 3.63) is 54.4 Å². The Kier molecular flexibility index (Phi) is 5.65. The maximum absolute atomic E-state index is 5.28. The number of anilines is 1. The van der Waals surface area contributed by atoms with Crippen molar-refractivity contribution in [2.75, 3.05) is 19.5 Å². The van der Waals surface area contributed by atoms with Crippen molar-refractivity contribution in [1.29, 1.82) is 0 Å². The smallest absolute Gasteiger partial charge is 0.246 e. The van der Waals surface area contributed by atoms with Crippen LogP contribution in [0.25, 0.3) is 11.4 Å². The Hall–Kier alpha value is -3.13. The van der Waals surface area contributed by atoms with Gasteiger partial charge < -0.3 is 24.6 Å². The summed E-state index contributed by atoms with van der Waals surface area (Å²) in [6.07, 6.45) is 0. The summed E-state index contributed by atoms with van der Waals surface area (Å²) in [6, 6.07) is 14.9. The molecule has 26 heavy (non-hydrogen) atoms. The lowest BCUT2D eigenvalue weighted by Crippen LogP contribution is -2.28. The summed E-state index contributed by atoms with van der Waals surface area (Å²) in [5.41, 5.74) is 1.64. The number of methoxy groups -OCH3 is 2. The van der Waals surface area contributed by atoms with Gasteiger partial charge in [-0.3, -0.25) is 0 Å². The van der Waals surface area contributed by atoms with Gasteiger partial charge in [-0.2, -0.15) is 4.98 Å². The van der Waals surface area contributed by atoms with Gasteiger partial charge in [-0.15, -0.1) is 0 Å². The monoisotopic (exact) mass is 370 g/mol. The minimum Gasteiger partial charge on any atom is -0.497 e. The molecule has 134 valence electrons. The van der Waals surface area contributed by atoms with Crippen LogP contribution in [0.15, 0.2) is 53.1 Å². The van der Waals surface area contributed by atoms with Gasteiger partial charge in [-0.05, 0) is 36.5 Å². The quantitative estimate of drug-likeness (QED) is 0.640. The number of aromatic nitrogens is 2. The summed E-state index contributed by atoms with van der Waals surface area (Å²) in [7, 11) is 3.23. The van der Waals surface area contributed by atoms with Crippen LogP contribution in [-0.4, -0.2) is 29.5 Å². The van der Waals surface area contributed by atoms with Crippen molar-refractivity contribution in [1.82, 2.24) is 15.5 Å². The SMILES string of the molecule is COc1cccc(NC(=S)NCc2nc(-c3cccc(OC)c3)no2)c1. The standard InChI is InChI=1S/C18H18N4O3S/c1-23-14-7-3-5-12(9-14)17-21-16(25-22-17)11-19-18(26)20-13-6-4-8-15(10-13)24-2/h3-10H,11H2,1-2H3,(H2,19,20,26). The average molecular weight is 370 g/mol. The minimum atomic E-state index is 0.312. The van der Waals surface area contributed by atoms with Crippen LogP contribution in [0.4, 0.5) is 5.69 Å². The lowest BCUT2D eigenvalue weighted by molar-refractivity contribution is 0.376. The van der Waals surface area contributed by atoms with Gasteiger partial charge >= 0.3 is 0 Å². The Bertz CT molecular complexity index is 897. The van der Waals surface area contributed by atoms with Crippen molar-refractivity contribution in [3.63, 3.8) is 0 Å². The molecule has 2 N–H and O–H groups in total. The van der Waals surface area contributed by atoms with Crippen LogP contribution in [0.5, 0.6) is 11.5 Å². The highest BCUT2D eigenvalue weighted by Gasteiger charge is 2.10. The molecule has 1 aromatic heterocycles. The average Bonchev–Trinajstić information content (AvgIpc) is 3.16. The van der Waals surface area contributed by atoms with Crippen molar-refractivity contribution in [2.24, 2.45) is 0 Å². The van der Waals surface area contributed by atoms with E-state index in [4.69, 9.17) is 26.2 Å². The van der Waals surface area contributed by atoms with Gasteiger partial charge in [0.15, 0.2) is 5.11 Å². The topological polar surface area (TPSA) is 81.4 Å². The van der Waals surface area contributed by atoms with Crippen molar-refractivity contribution in [2.45, 2.75) is 6.54 Å². The number of nitrogens with one attached hydrogen (secondary N) is 2. The molecule has 1 heterocycles. The van der Waals surface area contributed by atoms with E-state index in [2.05, 4.69) is 20.8 Å². The Morgan fingerprint density at radius 1 is 1.08 bits per heavy atom. The first-order chi connectivity index (χ1) is 12.7. The third-order valence-corrected chi connectivity index (χ3v) is 3.77. The molecule has 7 nitrogen and oxygen atoms in total. The lowest BCUT2D eigenvalue weighted by Gasteiger charge is -2.09. The molecule has 0 unspecified atom stereocenters. The first kappa shape index (κ1) is 17.7. The van der Waals surface area contributed by atoms with Gasteiger partial charge in [0.05, 0.1) is 20.8 Å². The first-order valence-corrected chi connectivity index (χ1v) is 8.24. The molecular formula is C18H18N4O3S. The van der Waals surface area contributed by atoms with Crippen LogP contribution < -0.4 is 20.1 Å². The van der Waals surface area contributed by atoms with E-state index in [9.17, 15) is 0 Å².